The van der Waals surface area contributed by atoms with Gasteiger partial charge in [-0.3, -0.25) is 0 Å². The lowest BCUT2D eigenvalue weighted by atomic mass is 9.66. The van der Waals surface area contributed by atoms with Crippen molar-refractivity contribution in [2.75, 3.05) is 32.8 Å². The minimum Gasteiger partial charge on any atom is -0.457 e. The quantitative estimate of drug-likeness (QED) is 0.361. The number of halogens is 3. The number of ether oxygens (including phenoxy) is 2. The maximum absolute atomic E-state index is 13.7. The van der Waals surface area contributed by atoms with E-state index in [2.05, 4.69) is 16.3 Å². The van der Waals surface area contributed by atoms with Gasteiger partial charge in [-0.05, 0) is 80.9 Å². The van der Waals surface area contributed by atoms with Crippen molar-refractivity contribution in [3.8, 4) is 11.5 Å². The Hall–Kier alpha value is -3.69. The zero-order valence-corrected chi connectivity index (χ0v) is 22.4. The fourth-order valence-electron chi connectivity index (χ4n) is 6.07. The summed E-state index contributed by atoms with van der Waals surface area (Å²) in [5, 5.41) is 3.46. The van der Waals surface area contributed by atoms with Crippen LogP contribution in [-0.2, 0) is 10.2 Å². The van der Waals surface area contributed by atoms with Crippen LogP contribution < -0.4 is 10.1 Å². The van der Waals surface area contributed by atoms with Crippen molar-refractivity contribution in [2.24, 2.45) is 0 Å². The second kappa shape index (κ2) is 10.7. The molecule has 2 fully saturated rings. The van der Waals surface area contributed by atoms with Crippen LogP contribution in [0.3, 0.4) is 0 Å². The third-order valence-corrected chi connectivity index (χ3v) is 8.37. The first-order chi connectivity index (χ1) is 19.4. The summed E-state index contributed by atoms with van der Waals surface area (Å²) in [6.07, 6.45) is 1.68. The number of rotatable bonds is 5. The molecule has 3 aliphatic rings. The van der Waals surface area contributed by atoms with Gasteiger partial charge >= 0.3 is 12.1 Å². The number of carbonyl (C=O) groups is 2. The smallest absolute Gasteiger partial charge is 0.418 e. The van der Waals surface area contributed by atoms with Crippen molar-refractivity contribution < 1.29 is 27.8 Å². The molecule has 2 saturated heterocycles. The van der Waals surface area contributed by atoms with E-state index in [4.69, 9.17) is 21.1 Å². The number of hydrogen-bond donors (Lipinski definition) is 1. The highest BCUT2D eigenvalue weighted by atomic mass is 35.5. The molecule has 3 heterocycles. The summed E-state index contributed by atoms with van der Waals surface area (Å²) < 4.78 is 38.3. The number of nitrogens with one attached hydrogen (secondary N) is 1. The highest BCUT2D eigenvalue weighted by Crippen LogP contribution is 2.53. The maximum atomic E-state index is 13.7. The summed E-state index contributed by atoms with van der Waals surface area (Å²) in [4.78, 5) is 28.3. The van der Waals surface area contributed by atoms with Gasteiger partial charge in [0.25, 0.3) is 0 Å². The van der Waals surface area contributed by atoms with Crippen molar-refractivity contribution in [1.29, 1.82) is 0 Å². The zero-order valence-electron chi connectivity index (χ0n) is 21.7. The number of amides is 3. The van der Waals surface area contributed by atoms with Gasteiger partial charge in [-0.1, -0.05) is 35.9 Å². The van der Waals surface area contributed by atoms with Crippen LogP contribution in [0.25, 0.3) is 0 Å². The molecule has 40 heavy (non-hydrogen) atoms. The molecule has 0 saturated carbocycles. The van der Waals surface area contributed by atoms with Crippen LogP contribution in [0, 0.1) is 11.6 Å². The Morgan fingerprint density at radius 1 is 1.00 bits per heavy atom. The first-order valence-electron chi connectivity index (χ1n) is 13.3. The van der Waals surface area contributed by atoms with Crippen molar-refractivity contribution >= 4 is 23.7 Å². The molecule has 1 spiro atoms. The Labute approximate surface area is 235 Å². The van der Waals surface area contributed by atoms with E-state index < -0.39 is 29.8 Å². The van der Waals surface area contributed by atoms with Gasteiger partial charge in [-0.2, -0.15) is 0 Å². The summed E-state index contributed by atoms with van der Waals surface area (Å²) in [6.45, 7) is 2.74. The Balaban J connectivity index is 1.05. The number of para-hydroxylation sites is 1. The van der Waals surface area contributed by atoms with E-state index >= 15 is 0 Å². The molecule has 0 radical (unpaired) electrons. The van der Waals surface area contributed by atoms with Crippen molar-refractivity contribution in [3.05, 3.63) is 94.0 Å². The lowest BCUT2D eigenvalue weighted by Crippen LogP contribution is -2.46. The molecular weight excluding hydrogens is 540 g/mol. The van der Waals surface area contributed by atoms with E-state index in [0.29, 0.717) is 23.6 Å². The second-order valence-corrected chi connectivity index (χ2v) is 10.8. The molecule has 7 nitrogen and oxygen atoms in total. The third kappa shape index (κ3) is 4.77. The molecular formula is C30H28ClF2N3O4. The van der Waals surface area contributed by atoms with E-state index in [0.717, 1.165) is 66.6 Å². The largest absolute Gasteiger partial charge is 0.457 e. The number of urea groups is 1. The molecule has 6 rings (SSSR count). The van der Waals surface area contributed by atoms with Crippen LogP contribution in [0.1, 0.15) is 42.0 Å². The molecule has 0 bridgehead atoms. The van der Waals surface area contributed by atoms with Gasteiger partial charge in [-0.25, -0.2) is 23.3 Å². The van der Waals surface area contributed by atoms with E-state index in [1.807, 2.05) is 36.4 Å². The van der Waals surface area contributed by atoms with Crippen LogP contribution in [0.5, 0.6) is 11.5 Å². The van der Waals surface area contributed by atoms with Gasteiger partial charge in [0.1, 0.15) is 24.1 Å². The Bertz CT molecular complexity index is 1460. The Morgan fingerprint density at radius 2 is 1.77 bits per heavy atom. The SMILES string of the molecule is O=C(NCCCN1CCC2(CC1)c1ccccc1Oc1ccc(Cl)cc12)N1C(=O)OC[C@@H]1c1ccc(F)c(F)c1. The lowest BCUT2D eigenvalue weighted by Gasteiger charge is -2.46. The molecule has 3 aromatic carbocycles. The second-order valence-electron chi connectivity index (χ2n) is 10.4. The van der Waals surface area contributed by atoms with Crippen molar-refractivity contribution in [3.63, 3.8) is 0 Å². The Morgan fingerprint density at radius 3 is 2.58 bits per heavy atom. The number of fused-ring (bicyclic) bond motifs is 4. The van der Waals surface area contributed by atoms with Gasteiger partial charge < -0.3 is 19.7 Å². The predicted molar refractivity (Wildman–Crippen MR) is 145 cm³/mol. The minimum absolute atomic E-state index is 0.116. The van der Waals surface area contributed by atoms with Crippen LogP contribution in [0.15, 0.2) is 60.7 Å². The van der Waals surface area contributed by atoms with Crippen LogP contribution in [-0.4, -0.2) is 54.7 Å². The standard InChI is InChI=1S/C30H28ClF2N3O4/c31-20-7-9-27-22(17-20)30(21-4-1-2-5-26(21)40-27)10-14-35(15-11-30)13-3-12-34-28(37)36-25(18-39-29(36)38)19-6-8-23(32)24(33)16-19/h1-2,4-9,16-17,25H,3,10-15,18H2,(H,34,37)/t25-/m1/s1. The third-order valence-electron chi connectivity index (χ3n) is 8.14. The van der Waals surface area contributed by atoms with Gasteiger partial charge in [0.05, 0.1) is 0 Å². The highest BCUT2D eigenvalue weighted by molar-refractivity contribution is 6.30. The Kier molecular flexibility index (Phi) is 7.10. The minimum atomic E-state index is -1.05. The molecule has 3 aromatic rings. The number of imide groups is 1. The molecule has 3 amide bonds. The first kappa shape index (κ1) is 26.5. The number of hydrogen-bond acceptors (Lipinski definition) is 5. The number of nitrogens with zero attached hydrogens (tertiary/aromatic N) is 2. The van der Waals surface area contributed by atoms with E-state index in [1.165, 1.54) is 11.6 Å². The number of piperidine rings is 1. The predicted octanol–water partition coefficient (Wildman–Crippen LogP) is 6.40. The summed E-state index contributed by atoms with van der Waals surface area (Å²) in [7, 11) is 0. The van der Waals surface area contributed by atoms with Gasteiger partial charge in [-0.15, -0.1) is 0 Å². The fourth-order valence-corrected chi connectivity index (χ4v) is 6.24. The molecule has 0 aliphatic carbocycles. The van der Waals surface area contributed by atoms with Crippen molar-refractivity contribution in [2.45, 2.75) is 30.7 Å². The van der Waals surface area contributed by atoms with E-state index in [1.54, 1.807) is 0 Å². The zero-order chi connectivity index (χ0) is 27.9. The van der Waals surface area contributed by atoms with Crippen LogP contribution in [0.2, 0.25) is 5.02 Å². The normalized spacial score (nSPS) is 19.5. The first-order valence-corrected chi connectivity index (χ1v) is 13.7. The number of carbonyl (C=O) groups excluding carboxylic acids is 2. The lowest BCUT2D eigenvalue weighted by molar-refractivity contribution is 0.157. The van der Waals surface area contributed by atoms with Crippen molar-refractivity contribution in [1.82, 2.24) is 15.1 Å². The van der Waals surface area contributed by atoms with Gasteiger partial charge in [0.2, 0.25) is 0 Å². The molecule has 0 aromatic heterocycles. The molecule has 10 heteroatoms. The summed E-state index contributed by atoms with van der Waals surface area (Å²) in [5.74, 6) is -0.309. The fraction of sp³-hybridized carbons (Fsp3) is 0.333. The summed E-state index contributed by atoms with van der Waals surface area (Å²) in [6, 6.07) is 15.9. The molecule has 1 atom stereocenters. The maximum Gasteiger partial charge on any atom is 0.418 e. The highest BCUT2D eigenvalue weighted by Gasteiger charge is 2.44. The van der Waals surface area contributed by atoms with Crippen LogP contribution >= 0.6 is 11.6 Å². The molecule has 0 unspecified atom stereocenters. The number of cyclic esters (lactones) is 1. The topological polar surface area (TPSA) is 71.1 Å². The van der Waals surface area contributed by atoms with E-state index in [-0.39, 0.29) is 12.0 Å². The average Bonchev–Trinajstić information content (AvgIpc) is 3.35. The van der Waals surface area contributed by atoms with Crippen LogP contribution in [0.4, 0.5) is 18.4 Å². The molecule has 1 N–H and O–H groups in total. The summed E-state index contributed by atoms with van der Waals surface area (Å²) in [5.41, 5.74) is 2.42. The van der Waals surface area contributed by atoms with Gasteiger partial charge in [0, 0.05) is 28.1 Å². The molecule has 208 valence electrons. The summed E-state index contributed by atoms with van der Waals surface area (Å²) >= 11 is 6.39. The number of likely N-dealkylation sites (tertiary alicyclic amines) is 1. The monoisotopic (exact) mass is 567 g/mol. The number of benzene rings is 3. The molecule has 3 aliphatic heterocycles. The van der Waals surface area contributed by atoms with Gasteiger partial charge in [0.15, 0.2) is 11.6 Å². The average molecular weight is 568 g/mol. The van der Waals surface area contributed by atoms with E-state index in [9.17, 15) is 18.4 Å².